The van der Waals surface area contributed by atoms with Gasteiger partial charge in [-0.1, -0.05) is 13.8 Å². The van der Waals surface area contributed by atoms with E-state index >= 15 is 0 Å². The number of thioether (sulfide) groups is 1. The fraction of sp³-hybridized carbons (Fsp3) is 0.750. The maximum absolute atomic E-state index is 12.6. The fourth-order valence-electron chi connectivity index (χ4n) is 2.75. The maximum atomic E-state index is 12.6. The van der Waals surface area contributed by atoms with Crippen molar-refractivity contribution in [2.24, 2.45) is 5.92 Å². The highest BCUT2D eigenvalue weighted by molar-refractivity contribution is 8.01. The van der Waals surface area contributed by atoms with Gasteiger partial charge < -0.3 is 19.1 Å². The zero-order valence-electron chi connectivity index (χ0n) is 14.9. The molecule has 0 aromatic rings. The Morgan fingerprint density at radius 3 is 2.44 bits per heavy atom. The van der Waals surface area contributed by atoms with Crippen LogP contribution in [0, 0.1) is 5.92 Å². The molecule has 8 nitrogen and oxygen atoms in total. The summed E-state index contributed by atoms with van der Waals surface area (Å²) in [7, 11) is 0. The van der Waals surface area contributed by atoms with Gasteiger partial charge >= 0.3 is 17.9 Å². The van der Waals surface area contributed by atoms with E-state index in [-0.39, 0.29) is 23.8 Å². The molecular formula is C16H23NO7S. The van der Waals surface area contributed by atoms with Gasteiger partial charge in [-0.15, -0.1) is 11.8 Å². The van der Waals surface area contributed by atoms with E-state index in [1.807, 2.05) is 0 Å². The number of fused-ring (bicyclic) bond motifs is 1. The van der Waals surface area contributed by atoms with E-state index in [1.54, 1.807) is 20.8 Å². The molecule has 2 aliphatic rings. The molecule has 0 aromatic heterocycles. The SMILES string of the molecule is CC(=O)OC[C@]1(C)S[C@@H]2CC(=O)N2[C@H]1C(=O)OC(C)OC(=O)C(C)C. The van der Waals surface area contributed by atoms with Crippen LogP contribution in [0.2, 0.25) is 0 Å². The third kappa shape index (κ3) is 4.08. The minimum absolute atomic E-state index is 0.0206. The summed E-state index contributed by atoms with van der Waals surface area (Å²) < 4.78 is 14.5. The highest BCUT2D eigenvalue weighted by atomic mass is 32.2. The normalized spacial score (nSPS) is 28.9. The van der Waals surface area contributed by atoms with Crippen LogP contribution in [-0.4, -0.2) is 57.8 Å². The Bertz CT molecular complexity index is 593. The molecule has 1 unspecified atom stereocenters. The molecule has 2 saturated heterocycles. The fourth-order valence-corrected chi connectivity index (χ4v) is 4.42. The number of carbonyl (C=O) groups is 4. The first-order valence-corrected chi connectivity index (χ1v) is 8.96. The molecular weight excluding hydrogens is 350 g/mol. The molecule has 2 heterocycles. The molecule has 9 heteroatoms. The van der Waals surface area contributed by atoms with Crippen LogP contribution < -0.4 is 0 Å². The molecule has 0 radical (unpaired) electrons. The Hall–Kier alpha value is -1.77. The first kappa shape index (κ1) is 19.6. The molecule has 0 aromatic carbocycles. The van der Waals surface area contributed by atoms with Crippen molar-refractivity contribution in [2.45, 2.75) is 63.5 Å². The van der Waals surface area contributed by atoms with Crippen LogP contribution in [-0.2, 0) is 33.4 Å². The van der Waals surface area contributed by atoms with Crippen molar-refractivity contribution in [3.63, 3.8) is 0 Å². The number of carbonyl (C=O) groups excluding carboxylic acids is 4. The molecule has 0 spiro atoms. The van der Waals surface area contributed by atoms with Crippen LogP contribution in [0.3, 0.4) is 0 Å². The highest BCUT2D eigenvalue weighted by Gasteiger charge is 2.61. The van der Waals surface area contributed by atoms with E-state index in [0.29, 0.717) is 6.42 Å². The number of ether oxygens (including phenoxy) is 3. The average Bonchev–Trinajstić information content (AvgIpc) is 2.73. The Labute approximate surface area is 150 Å². The first-order valence-electron chi connectivity index (χ1n) is 8.08. The summed E-state index contributed by atoms with van der Waals surface area (Å²) in [5.41, 5.74) is 0. The Morgan fingerprint density at radius 1 is 1.28 bits per heavy atom. The average molecular weight is 373 g/mol. The van der Waals surface area contributed by atoms with E-state index in [2.05, 4.69) is 0 Å². The van der Waals surface area contributed by atoms with Gasteiger partial charge in [0, 0.05) is 13.8 Å². The molecule has 0 aliphatic carbocycles. The number of esters is 3. The van der Waals surface area contributed by atoms with Crippen LogP contribution in [0.1, 0.15) is 41.0 Å². The van der Waals surface area contributed by atoms with Crippen molar-refractivity contribution in [1.82, 2.24) is 4.90 Å². The number of rotatable bonds is 6. The van der Waals surface area contributed by atoms with Crippen molar-refractivity contribution < 1.29 is 33.4 Å². The summed E-state index contributed by atoms with van der Waals surface area (Å²) in [5.74, 6) is -2.13. The predicted molar refractivity (Wildman–Crippen MR) is 88.2 cm³/mol. The zero-order chi connectivity index (χ0) is 18.9. The van der Waals surface area contributed by atoms with Crippen LogP contribution in [0.5, 0.6) is 0 Å². The largest absolute Gasteiger partial charge is 0.464 e. The quantitative estimate of drug-likeness (QED) is 0.387. The number of hydrogen-bond donors (Lipinski definition) is 0. The lowest BCUT2D eigenvalue weighted by atomic mass is 9.97. The molecule has 0 N–H and O–H groups in total. The van der Waals surface area contributed by atoms with Crippen molar-refractivity contribution in [1.29, 1.82) is 0 Å². The topological polar surface area (TPSA) is 99.2 Å². The molecule has 0 saturated carbocycles. The van der Waals surface area contributed by atoms with Gasteiger partial charge in [-0.05, 0) is 6.92 Å². The third-order valence-electron chi connectivity index (χ3n) is 4.03. The lowest BCUT2D eigenvalue weighted by Gasteiger charge is -2.38. The van der Waals surface area contributed by atoms with E-state index in [0.717, 1.165) is 0 Å². The summed E-state index contributed by atoms with van der Waals surface area (Å²) >= 11 is 1.41. The van der Waals surface area contributed by atoms with Gasteiger partial charge in [0.15, 0.2) is 0 Å². The van der Waals surface area contributed by atoms with Crippen LogP contribution in [0.15, 0.2) is 0 Å². The number of amides is 1. The number of β-lactam (4-membered cyclic amide) rings is 1. The summed E-state index contributed by atoms with van der Waals surface area (Å²) in [6, 6.07) is -0.900. The minimum Gasteiger partial charge on any atom is -0.464 e. The lowest BCUT2D eigenvalue weighted by Crippen LogP contribution is -2.59. The van der Waals surface area contributed by atoms with E-state index in [4.69, 9.17) is 14.2 Å². The van der Waals surface area contributed by atoms with Crippen LogP contribution in [0.25, 0.3) is 0 Å². The second kappa shape index (κ2) is 7.23. The second-order valence-corrected chi connectivity index (χ2v) is 8.38. The summed E-state index contributed by atoms with van der Waals surface area (Å²) in [6.45, 7) is 7.80. The monoisotopic (exact) mass is 373 g/mol. The molecule has 2 aliphatic heterocycles. The zero-order valence-corrected chi connectivity index (χ0v) is 15.8. The van der Waals surface area contributed by atoms with Crippen molar-refractivity contribution in [2.75, 3.05) is 6.61 Å². The van der Waals surface area contributed by atoms with E-state index in [9.17, 15) is 19.2 Å². The Balaban J connectivity index is 2.09. The van der Waals surface area contributed by atoms with Crippen molar-refractivity contribution in [3.05, 3.63) is 0 Å². The molecule has 2 fully saturated rings. The Kier molecular flexibility index (Phi) is 5.65. The van der Waals surface area contributed by atoms with Gasteiger partial charge in [-0.3, -0.25) is 14.4 Å². The van der Waals surface area contributed by atoms with Crippen molar-refractivity contribution in [3.8, 4) is 0 Å². The van der Waals surface area contributed by atoms with Gasteiger partial charge in [-0.2, -0.15) is 0 Å². The lowest BCUT2D eigenvalue weighted by molar-refractivity contribution is -0.193. The smallest absolute Gasteiger partial charge is 0.333 e. The second-order valence-electron chi connectivity index (χ2n) is 6.67. The molecule has 1 amide bonds. The molecule has 140 valence electrons. The number of nitrogens with zero attached hydrogens (tertiary/aromatic N) is 1. The molecule has 2 rings (SSSR count). The van der Waals surface area contributed by atoms with Gasteiger partial charge in [0.1, 0.15) is 12.6 Å². The Morgan fingerprint density at radius 2 is 1.92 bits per heavy atom. The van der Waals surface area contributed by atoms with Crippen molar-refractivity contribution >= 4 is 35.6 Å². The highest BCUT2D eigenvalue weighted by Crippen LogP contribution is 2.51. The van der Waals surface area contributed by atoms with Gasteiger partial charge in [0.05, 0.1) is 22.5 Å². The number of hydrogen-bond acceptors (Lipinski definition) is 8. The van der Waals surface area contributed by atoms with E-state index in [1.165, 1.54) is 30.5 Å². The summed E-state index contributed by atoms with van der Waals surface area (Å²) in [4.78, 5) is 48.8. The van der Waals surface area contributed by atoms with Gasteiger partial charge in [-0.25, -0.2) is 4.79 Å². The molecule has 4 atom stereocenters. The standard InChI is InChI=1S/C16H23NO7S/c1-8(2)14(20)23-10(4)24-15(21)13-16(5,7-22-9(3)18)25-12-6-11(19)17(12)13/h8,10,12-13H,6-7H2,1-5H3/t10?,12-,13+,16+/m1/s1. The van der Waals surface area contributed by atoms with Gasteiger partial charge in [0.25, 0.3) is 0 Å². The van der Waals surface area contributed by atoms with E-state index < -0.39 is 35.0 Å². The summed E-state index contributed by atoms with van der Waals surface area (Å²) in [6.07, 6.45) is -0.733. The van der Waals surface area contributed by atoms with Crippen LogP contribution >= 0.6 is 11.8 Å². The molecule has 25 heavy (non-hydrogen) atoms. The van der Waals surface area contributed by atoms with Crippen LogP contribution in [0.4, 0.5) is 0 Å². The minimum atomic E-state index is -1.07. The third-order valence-corrected chi connectivity index (χ3v) is 5.58. The van der Waals surface area contributed by atoms with Gasteiger partial charge in [0.2, 0.25) is 12.2 Å². The summed E-state index contributed by atoms with van der Waals surface area (Å²) in [5, 5.41) is -0.140. The predicted octanol–water partition coefficient (Wildman–Crippen LogP) is 1.07. The molecule has 0 bridgehead atoms. The maximum Gasteiger partial charge on any atom is 0.333 e. The first-order chi connectivity index (χ1) is 11.5.